The summed E-state index contributed by atoms with van der Waals surface area (Å²) in [6.45, 7) is 4.31. The maximum atomic E-state index is 12.2. The molecule has 132 valence electrons. The van der Waals surface area contributed by atoms with Gasteiger partial charge in [0.1, 0.15) is 0 Å². The Hall–Kier alpha value is -1.16. The first kappa shape index (κ1) is 16.3. The van der Waals surface area contributed by atoms with Gasteiger partial charge in [0.25, 0.3) is 0 Å². The van der Waals surface area contributed by atoms with Gasteiger partial charge in [0, 0.05) is 6.42 Å². The number of allylic oxidation sites excluding steroid dienone is 1. The minimum atomic E-state index is -0.719. The van der Waals surface area contributed by atoms with Gasteiger partial charge in [0.2, 0.25) is 0 Å². The summed E-state index contributed by atoms with van der Waals surface area (Å²) in [6, 6.07) is 0. The number of aliphatic carboxylic acids is 1. The van der Waals surface area contributed by atoms with E-state index in [9.17, 15) is 19.8 Å². The number of aliphatic hydroxyl groups is 1. The van der Waals surface area contributed by atoms with Gasteiger partial charge in [-0.05, 0) is 73.2 Å². The topological polar surface area (TPSA) is 74.6 Å². The van der Waals surface area contributed by atoms with E-state index in [1.807, 2.05) is 6.08 Å². The van der Waals surface area contributed by atoms with Crippen LogP contribution in [0.3, 0.4) is 0 Å². The van der Waals surface area contributed by atoms with Crippen LogP contribution in [0.5, 0.6) is 0 Å². The Kier molecular flexibility index (Phi) is 3.51. The van der Waals surface area contributed by atoms with E-state index in [1.54, 1.807) is 0 Å². The zero-order valence-electron chi connectivity index (χ0n) is 14.6. The van der Waals surface area contributed by atoms with E-state index >= 15 is 0 Å². The third-order valence-corrected chi connectivity index (χ3v) is 8.19. The van der Waals surface area contributed by atoms with E-state index in [4.69, 9.17) is 0 Å². The molecule has 0 bridgehead atoms. The van der Waals surface area contributed by atoms with Crippen molar-refractivity contribution < 1.29 is 19.8 Å². The van der Waals surface area contributed by atoms with Gasteiger partial charge < -0.3 is 10.2 Å². The average Bonchev–Trinajstić information content (AvgIpc) is 2.82. The first-order valence-electron chi connectivity index (χ1n) is 9.42. The van der Waals surface area contributed by atoms with Crippen molar-refractivity contribution in [3.8, 4) is 0 Å². The fourth-order valence-electron chi connectivity index (χ4n) is 6.96. The summed E-state index contributed by atoms with van der Waals surface area (Å²) in [4.78, 5) is 24.0. The fraction of sp³-hybridized carbons (Fsp3) is 0.800. The molecule has 4 nitrogen and oxygen atoms in total. The predicted molar refractivity (Wildman–Crippen MR) is 89.2 cm³/mol. The molecule has 0 aromatic rings. The molecule has 1 unspecified atom stereocenters. The quantitative estimate of drug-likeness (QED) is 0.773. The number of fused-ring (bicyclic) bond motifs is 5. The van der Waals surface area contributed by atoms with Crippen molar-refractivity contribution in [2.45, 2.75) is 64.9 Å². The van der Waals surface area contributed by atoms with Crippen LogP contribution in [-0.2, 0) is 9.59 Å². The zero-order chi connectivity index (χ0) is 17.3. The van der Waals surface area contributed by atoms with Crippen LogP contribution in [-0.4, -0.2) is 28.1 Å². The number of aliphatic hydroxyl groups excluding tert-OH is 1. The molecule has 3 saturated carbocycles. The minimum absolute atomic E-state index is 0.103. The Balaban J connectivity index is 1.80. The average molecular weight is 332 g/mol. The van der Waals surface area contributed by atoms with Gasteiger partial charge in [-0.1, -0.05) is 19.4 Å². The molecule has 0 radical (unpaired) electrons. The third kappa shape index (κ3) is 2.01. The number of hydrogen-bond donors (Lipinski definition) is 2. The predicted octanol–water partition coefficient (Wildman–Crippen LogP) is 3.19. The van der Waals surface area contributed by atoms with Crippen LogP contribution in [0.1, 0.15) is 58.8 Å². The Morgan fingerprint density at radius 3 is 2.67 bits per heavy atom. The van der Waals surface area contributed by atoms with Gasteiger partial charge in [0.15, 0.2) is 5.78 Å². The van der Waals surface area contributed by atoms with Crippen LogP contribution in [0.4, 0.5) is 0 Å². The lowest BCUT2D eigenvalue weighted by molar-refractivity contribution is -0.163. The molecule has 4 aliphatic rings. The van der Waals surface area contributed by atoms with E-state index in [0.29, 0.717) is 24.7 Å². The van der Waals surface area contributed by atoms with Crippen molar-refractivity contribution in [2.75, 3.05) is 0 Å². The number of carboxylic acid groups (broad SMARTS) is 1. The molecule has 3 fully saturated rings. The van der Waals surface area contributed by atoms with Gasteiger partial charge in [-0.25, -0.2) is 0 Å². The second-order valence-corrected chi connectivity index (χ2v) is 9.14. The second kappa shape index (κ2) is 5.17. The molecule has 7 atom stereocenters. The number of carboxylic acids is 1. The number of hydrogen-bond acceptors (Lipinski definition) is 3. The normalized spacial score (nSPS) is 50.5. The number of ketones is 1. The minimum Gasteiger partial charge on any atom is -0.481 e. The first-order chi connectivity index (χ1) is 11.3. The highest BCUT2D eigenvalue weighted by Gasteiger charge is 2.63. The molecular weight excluding hydrogens is 304 g/mol. The molecule has 0 spiro atoms. The molecule has 0 heterocycles. The van der Waals surface area contributed by atoms with E-state index in [2.05, 4.69) is 13.8 Å². The first-order valence-corrected chi connectivity index (χ1v) is 9.42. The SMILES string of the molecule is C[C@]12CC(C(=O)O)[C@H]3[C@@H](CCC4=CC(=O)CC[C@@]43C)[C@@H]1CC[C@@H]2O. The molecule has 2 N–H and O–H groups in total. The van der Waals surface area contributed by atoms with Crippen molar-refractivity contribution in [1.29, 1.82) is 0 Å². The van der Waals surface area contributed by atoms with E-state index in [0.717, 1.165) is 32.1 Å². The van der Waals surface area contributed by atoms with Crippen LogP contribution < -0.4 is 0 Å². The molecule has 0 saturated heterocycles. The van der Waals surface area contributed by atoms with Crippen LogP contribution in [0, 0.1) is 34.5 Å². The molecular formula is C20H28O4. The van der Waals surface area contributed by atoms with Crippen LogP contribution in [0.25, 0.3) is 0 Å². The molecule has 4 heteroatoms. The van der Waals surface area contributed by atoms with Gasteiger partial charge in [-0.3, -0.25) is 9.59 Å². The molecule has 4 aliphatic carbocycles. The summed E-state index contributed by atoms with van der Waals surface area (Å²) < 4.78 is 0. The molecule has 0 aromatic heterocycles. The number of carbonyl (C=O) groups excluding carboxylic acids is 1. The van der Waals surface area contributed by atoms with E-state index < -0.39 is 11.9 Å². The lowest BCUT2D eigenvalue weighted by Crippen LogP contribution is -2.56. The van der Waals surface area contributed by atoms with Crippen molar-refractivity contribution in [3.05, 3.63) is 11.6 Å². The van der Waals surface area contributed by atoms with Crippen LogP contribution in [0.15, 0.2) is 11.6 Å². The van der Waals surface area contributed by atoms with Crippen LogP contribution >= 0.6 is 0 Å². The number of rotatable bonds is 1. The maximum Gasteiger partial charge on any atom is 0.306 e. The monoisotopic (exact) mass is 332 g/mol. The maximum absolute atomic E-state index is 12.2. The molecule has 0 aliphatic heterocycles. The smallest absolute Gasteiger partial charge is 0.306 e. The van der Waals surface area contributed by atoms with E-state index in [1.165, 1.54) is 5.57 Å². The van der Waals surface area contributed by atoms with Crippen molar-refractivity contribution >= 4 is 11.8 Å². The lowest BCUT2D eigenvalue weighted by atomic mass is 9.44. The fourth-order valence-corrected chi connectivity index (χ4v) is 6.96. The van der Waals surface area contributed by atoms with Gasteiger partial charge in [-0.2, -0.15) is 0 Å². The summed E-state index contributed by atoms with van der Waals surface area (Å²) in [5.74, 6) is -0.0493. The molecule has 4 rings (SSSR count). The molecule has 0 aromatic carbocycles. The van der Waals surface area contributed by atoms with Crippen LogP contribution in [0.2, 0.25) is 0 Å². The highest BCUT2D eigenvalue weighted by atomic mass is 16.4. The highest BCUT2D eigenvalue weighted by Crippen LogP contribution is 2.66. The van der Waals surface area contributed by atoms with Crippen molar-refractivity contribution in [2.24, 2.45) is 34.5 Å². The lowest BCUT2D eigenvalue weighted by Gasteiger charge is -2.59. The largest absolute Gasteiger partial charge is 0.481 e. The summed E-state index contributed by atoms with van der Waals surface area (Å²) in [7, 11) is 0. The van der Waals surface area contributed by atoms with Gasteiger partial charge >= 0.3 is 5.97 Å². The number of carbonyl (C=O) groups is 2. The highest BCUT2D eigenvalue weighted by molar-refractivity contribution is 5.91. The zero-order valence-corrected chi connectivity index (χ0v) is 14.6. The Morgan fingerprint density at radius 1 is 1.21 bits per heavy atom. The van der Waals surface area contributed by atoms with E-state index in [-0.39, 0.29) is 28.6 Å². The summed E-state index contributed by atoms with van der Waals surface area (Å²) in [5.41, 5.74) is 0.773. The van der Waals surface area contributed by atoms with Gasteiger partial charge in [0.05, 0.1) is 12.0 Å². The Morgan fingerprint density at radius 2 is 1.96 bits per heavy atom. The molecule has 24 heavy (non-hydrogen) atoms. The Bertz CT molecular complexity index is 623. The molecule has 0 amide bonds. The third-order valence-electron chi connectivity index (χ3n) is 8.19. The second-order valence-electron chi connectivity index (χ2n) is 9.14. The van der Waals surface area contributed by atoms with Gasteiger partial charge in [-0.15, -0.1) is 0 Å². The summed E-state index contributed by atoms with van der Waals surface area (Å²) >= 11 is 0. The van der Waals surface area contributed by atoms with Crippen molar-refractivity contribution in [3.63, 3.8) is 0 Å². The summed E-state index contributed by atoms with van der Waals surface area (Å²) in [5, 5.41) is 20.5. The summed E-state index contributed by atoms with van der Waals surface area (Å²) in [6.07, 6.45) is 7.04. The standard InChI is InChI=1S/C20H28O4/c1-19-8-7-12(21)9-11(19)3-4-13-15-5-6-16(22)20(15,2)10-14(17(13)19)18(23)24/h9,13-17,22H,3-8,10H2,1-2H3,(H,23,24)/t13-,14?,15-,16-,17+,19-,20-/m0/s1. The van der Waals surface area contributed by atoms with Crippen molar-refractivity contribution in [1.82, 2.24) is 0 Å². The Labute approximate surface area is 143 Å².